The molecule has 0 saturated carbocycles. The molecule has 1 N–H and O–H groups in total. The molecule has 4 aromatic rings. The van der Waals surface area contributed by atoms with E-state index in [9.17, 15) is 4.79 Å². The minimum Gasteiger partial charge on any atom is -0.444 e. The van der Waals surface area contributed by atoms with Crippen molar-refractivity contribution in [1.82, 2.24) is 14.9 Å². The molecule has 1 fully saturated rings. The summed E-state index contributed by atoms with van der Waals surface area (Å²) in [6.45, 7) is 13.4. The Balaban J connectivity index is 1.49. The summed E-state index contributed by atoms with van der Waals surface area (Å²) in [7, 11) is -1.28. The first-order valence-electron chi connectivity index (χ1n) is 15.2. The zero-order chi connectivity index (χ0) is 30.6. The number of nitrogens with zero attached hydrogens (tertiary/aromatic N) is 2. The largest absolute Gasteiger partial charge is 0.444 e. The number of carbonyl (C=O) groups excluding carboxylic acids is 1. The average molecular weight is 590 g/mol. The summed E-state index contributed by atoms with van der Waals surface area (Å²) in [5.74, 6) is 0.798. The van der Waals surface area contributed by atoms with E-state index in [1.165, 1.54) is 11.1 Å². The Morgan fingerprint density at radius 3 is 2.42 bits per heavy atom. The second-order valence-corrected chi connectivity index (χ2v) is 18.4. The number of carbonyl (C=O) groups is 1. The van der Waals surface area contributed by atoms with Gasteiger partial charge in [0.25, 0.3) is 0 Å². The second kappa shape index (κ2) is 12.6. The summed E-state index contributed by atoms with van der Waals surface area (Å²) in [5.41, 5.74) is 9.64. The van der Waals surface area contributed by atoms with Gasteiger partial charge in [-0.15, -0.1) is 0 Å². The van der Waals surface area contributed by atoms with E-state index < -0.39 is 13.7 Å². The molecule has 5 nitrogen and oxygen atoms in total. The number of hydrogen-bond donors (Lipinski definition) is 1. The van der Waals surface area contributed by atoms with Crippen LogP contribution in [0.25, 0.3) is 39.6 Å². The first-order valence-corrected chi connectivity index (χ1v) is 18.8. The molecular formula is C37H43N3O2Si. The number of nitrogens with one attached hydrogen (secondary N) is 1. The highest BCUT2D eigenvalue weighted by Gasteiger charge is 2.34. The normalized spacial score (nSPS) is 16.0. The van der Waals surface area contributed by atoms with Crippen molar-refractivity contribution in [2.45, 2.75) is 64.9 Å². The van der Waals surface area contributed by atoms with Crippen molar-refractivity contribution in [2.24, 2.45) is 0 Å². The number of amides is 1. The van der Waals surface area contributed by atoms with Gasteiger partial charge in [0.2, 0.25) is 0 Å². The van der Waals surface area contributed by atoms with Gasteiger partial charge in [0.05, 0.1) is 26.0 Å². The van der Waals surface area contributed by atoms with Gasteiger partial charge in [-0.25, -0.2) is 9.78 Å². The molecule has 43 heavy (non-hydrogen) atoms. The monoisotopic (exact) mass is 589 g/mol. The van der Waals surface area contributed by atoms with Crippen LogP contribution in [0.4, 0.5) is 4.79 Å². The molecule has 0 bridgehead atoms. The molecule has 222 valence electrons. The number of H-pyrrole nitrogens is 1. The van der Waals surface area contributed by atoms with Gasteiger partial charge < -0.3 is 9.72 Å². The summed E-state index contributed by atoms with van der Waals surface area (Å²) in [4.78, 5) is 23.0. The van der Waals surface area contributed by atoms with Crippen molar-refractivity contribution in [3.8, 4) is 33.5 Å². The van der Waals surface area contributed by atoms with Crippen LogP contribution in [0.5, 0.6) is 0 Å². The van der Waals surface area contributed by atoms with Gasteiger partial charge in [-0.1, -0.05) is 104 Å². The molecule has 3 aromatic carbocycles. The second-order valence-electron chi connectivity index (χ2n) is 13.3. The molecule has 1 saturated heterocycles. The number of likely N-dealkylation sites (tertiary alicyclic amines) is 1. The number of hydrogen-bond acceptors (Lipinski definition) is 3. The predicted octanol–water partition coefficient (Wildman–Crippen LogP) is 9.93. The van der Waals surface area contributed by atoms with Gasteiger partial charge in [-0.05, 0) is 73.6 Å². The van der Waals surface area contributed by atoms with Crippen LogP contribution in [0.15, 0.2) is 96.8 Å². The molecule has 6 heteroatoms. The maximum atomic E-state index is 12.9. The fourth-order valence-electron chi connectivity index (χ4n) is 5.36. The van der Waals surface area contributed by atoms with E-state index >= 15 is 0 Å². The SMILES string of the molecule is CC(C)(C)OC(=O)N1CCC[C@H]1c1ncc(-c2ccc(C=CC=C[Si](C)(C)C)c(-c3cccc(-c4ccccc4)c3)c2)[nH]1. The third kappa shape index (κ3) is 7.82. The Morgan fingerprint density at radius 1 is 0.930 bits per heavy atom. The Morgan fingerprint density at radius 2 is 1.67 bits per heavy atom. The van der Waals surface area contributed by atoms with Crippen molar-refractivity contribution in [3.05, 3.63) is 108 Å². The predicted molar refractivity (Wildman–Crippen MR) is 181 cm³/mol. The standard InChI is InChI=1S/C37H43N3O2Si/c1-37(2,3)42-36(41)40-22-13-19-34(40)35-38-26-33(39-35)31-21-20-28(16-10-11-23-43(4,5)6)32(25-31)30-18-12-17-29(24-30)27-14-8-7-9-15-27/h7-12,14-18,20-21,23-26,34H,13,19,22H2,1-6H3,(H,38,39)/t34-/m0/s1. The minimum atomic E-state index is -1.28. The van der Waals surface area contributed by atoms with Gasteiger partial charge >= 0.3 is 6.09 Å². The third-order valence-corrected chi connectivity index (χ3v) is 8.61. The lowest BCUT2D eigenvalue weighted by atomic mass is 9.93. The van der Waals surface area contributed by atoms with E-state index in [2.05, 4.69) is 115 Å². The summed E-state index contributed by atoms with van der Waals surface area (Å²) < 4.78 is 5.68. The van der Waals surface area contributed by atoms with E-state index in [4.69, 9.17) is 9.72 Å². The van der Waals surface area contributed by atoms with Gasteiger partial charge in [-0.2, -0.15) is 0 Å². The van der Waals surface area contributed by atoms with Crippen molar-refractivity contribution in [2.75, 3.05) is 6.54 Å². The number of rotatable bonds is 7. The molecular weight excluding hydrogens is 547 g/mol. The highest BCUT2D eigenvalue weighted by atomic mass is 28.3. The fraction of sp³-hybridized carbons (Fsp3) is 0.297. The molecule has 1 aliphatic heterocycles. The first-order chi connectivity index (χ1) is 20.5. The van der Waals surface area contributed by atoms with Crippen LogP contribution in [0.3, 0.4) is 0 Å². The van der Waals surface area contributed by atoms with Gasteiger partial charge in [-0.3, -0.25) is 4.90 Å². The van der Waals surface area contributed by atoms with E-state index in [0.29, 0.717) is 6.54 Å². The molecule has 0 aliphatic carbocycles. The van der Waals surface area contributed by atoms with E-state index in [-0.39, 0.29) is 12.1 Å². The van der Waals surface area contributed by atoms with Crippen LogP contribution in [0.1, 0.15) is 51.0 Å². The molecule has 1 atom stereocenters. The van der Waals surface area contributed by atoms with Crippen LogP contribution in [0.2, 0.25) is 19.6 Å². The molecule has 1 aliphatic rings. The van der Waals surface area contributed by atoms with Crippen molar-refractivity contribution in [1.29, 1.82) is 0 Å². The topological polar surface area (TPSA) is 58.2 Å². The van der Waals surface area contributed by atoms with Gasteiger partial charge in [0.15, 0.2) is 0 Å². The van der Waals surface area contributed by atoms with Crippen LogP contribution < -0.4 is 0 Å². The number of ether oxygens (including phenoxy) is 1. The van der Waals surface area contributed by atoms with Gasteiger partial charge in [0.1, 0.15) is 11.4 Å². The van der Waals surface area contributed by atoms with Crippen molar-refractivity contribution in [3.63, 3.8) is 0 Å². The summed E-state index contributed by atoms with van der Waals surface area (Å²) >= 11 is 0. The van der Waals surface area contributed by atoms with E-state index in [0.717, 1.165) is 46.6 Å². The first kappa shape index (κ1) is 30.3. The number of imidazole rings is 1. The highest BCUT2D eigenvalue weighted by molar-refractivity contribution is 6.81. The molecule has 1 amide bonds. The van der Waals surface area contributed by atoms with E-state index in [1.54, 1.807) is 4.90 Å². The van der Waals surface area contributed by atoms with E-state index in [1.807, 2.05) is 33.0 Å². The molecule has 0 spiro atoms. The van der Waals surface area contributed by atoms with Crippen molar-refractivity contribution >= 4 is 20.2 Å². The summed E-state index contributed by atoms with van der Waals surface area (Å²) in [6, 6.07) is 25.7. The number of aromatic amines is 1. The maximum Gasteiger partial charge on any atom is 0.410 e. The highest BCUT2D eigenvalue weighted by Crippen LogP contribution is 2.35. The fourth-order valence-corrected chi connectivity index (χ4v) is 6.05. The molecule has 5 rings (SSSR count). The smallest absolute Gasteiger partial charge is 0.410 e. The van der Waals surface area contributed by atoms with Crippen LogP contribution in [0, 0.1) is 0 Å². The Bertz CT molecular complexity index is 1620. The zero-order valence-electron chi connectivity index (χ0n) is 26.2. The van der Waals surface area contributed by atoms with Crippen LogP contribution in [-0.4, -0.2) is 41.2 Å². The minimum absolute atomic E-state index is 0.119. The zero-order valence-corrected chi connectivity index (χ0v) is 27.2. The van der Waals surface area contributed by atoms with Gasteiger partial charge in [0, 0.05) is 12.1 Å². The molecule has 0 unspecified atom stereocenters. The average Bonchev–Trinajstić information content (AvgIpc) is 3.65. The lowest BCUT2D eigenvalue weighted by Gasteiger charge is -2.27. The quantitative estimate of drug-likeness (QED) is 0.172. The number of aromatic nitrogens is 2. The summed E-state index contributed by atoms with van der Waals surface area (Å²) in [5, 5.41) is 0. The lowest BCUT2D eigenvalue weighted by molar-refractivity contribution is 0.0218. The number of allylic oxidation sites excluding steroid dienone is 2. The Hall–Kier alpha value is -4.16. The van der Waals surface area contributed by atoms with Crippen LogP contribution in [-0.2, 0) is 4.74 Å². The molecule has 1 aromatic heterocycles. The lowest BCUT2D eigenvalue weighted by Crippen LogP contribution is -2.36. The van der Waals surface area contributed by atoms with Crippen LogP contribution >= 0.6 is 0 Å². The molecule has 2 heterocycles. The maximum absolute atomic E-state index is 12.9. The Labute approximate surface area is 257 Å². The third-order valence-electron chi connectivity index (χ3n) is 7.42. The summed E-state index contributed by atoms with van der Waals surface area (Å²) in [6.07, 6.45) is 9.91. The molecule has 0 radical (unpaired) electrons. The van der Waals surface area contributed by atoms with Crippen molar-refractivity contribution < 1.29 is 9.53 Å². The Kier molecular flexibility index (Phi) is 8.88. The number of benzene rings is 3.